The van der Waals surface area contributed by atoms with E-state index in [9.17, 15) is 4.79 Å². The van der Waals surface area contributed by atoms with Crippen molar-refractivity contribution in [3.63, 3.8) is 0 Å². The first-order valence-electron chi connectivity index (χ1n) is 8.20. The molecule has 1 aliphatic heterocycles. The van der Waals surface area contributed by atoms with Crippen molar-refractivity contribution in [3.8, 4) is 0 Å². The molecule has 1 aromatic heterocycles. The van der Waals surface area contributed by atoms with E-state index in [-0.39, 0.29) is 12.0 Å². The van der Waals surface area contributed by atoms with Crippen LogP contribution in [-0.2, 0) is 20.8 Å². The molecule has 1 aliphatic rings. The number of amides is 1. The van der Waals surface area contributed by atoms with Crippen molar-refractivity contribution in [3.05, 3.63) is 42.5 Å². The molecule has 1 unspecified atom stereocenters. The molecule has 2 aromatic rings. The van der Waals surface area contributed by atoms with Crippen LogP contribution in [0, 0.1) is 0 Å². The van der Waals surface area contributed by atoms with Gasteiger partial charge in [0.25, 0.3) is 0 Å². The number of hydrogen-bond donors (Lipinski definition) is 1. The molecule has 0 aliphatic carbocycles. The van der Waals surface area contributed by atoms with Gasteiger partial charge in [0.2, 0.25) is 5.91 Å². The van der Waals surface area contributed by atoms with Crippen molar-refractivity contribution in [1.29, 1.82) is 0 Å². The van der Waals surface area contributed by atoms with Gasteiger partial charge in [0.05, 0.1) is 32.3 Å². The molecule has 1 amide bonds. The van der Waals surface area contributed by atoms with Crippen molar-refractivity contribution >= 4 is 11.6 Å². The van der Waals surface area contributed by atoms with Crippen LogP contribution in [0.15, 0.2) is 36.9 Å². The zero-order valence-corrected chi connectivity index (χ0v) is 13.6. The molecule has 1 N–H and O–H groups in total. The van der Waals surface area contributed by atoms with Crippen molar-refractivity contribution in [1.82, 2.24) is 14.8 Å². The number of ether oxygens (including phenoxy) is 2. The first kappa shape index (κ1) is 16.6. The number of hydrogen-bond acceptors (Lipinski definition) is 5. The molecule has 24 heavy (non-hydrogen) atoms. The summed E-state index contributed by atoms with van der Waals surface area (Å²) in [5.74, 6) is -0.0497. The molecule has 0 spiro atoms. The Morgan fingerprint density at radius 3 is 2.96 bits per heavy atom. The Labute approximate surface area is 141 Å². The fraction of sp³-hybridized carbons (Fsp3) is 0.471. The molecule has 1 fully saturated rings. The summed E-state index contributed by atoms with van der Waals surface area (Å²) in [5, 5.41) is 6.94. The highest BCUT2D eigenvalue weighted by molar-refractivity contribution is 5.90. The highest BCUT2D eigenvalue weighted by Gasteiger charge is 2.15. The molecule has 2 heterocycles. The van der Waals surface area contributed by atoms with E-state index in [1.807, 2.05) is 24.3 Å². The maximum absolute atomic E-state index is 11.9. The number of nitrogens with one attached hydrogen (secondary N) is 1. The number of anilines is 1. The summed E-state index contributed by atoms with van der Waals surface area (Å²) in [6.45, 7) is 2.47. The lowest BCUT2D eigenvalue weighted by Crippen LogP contribution is -2.18. The molecular formula is C17H22N4O3. The van der Waals surface area contributed by atoms with E-state index in [1.54, 1.807) is 11.0 Å². The number of rotatable bonds is 8. The number of carbonyl (C=O) groups is 1. The Hall–Kier alpha value is -2.25. The second-order valence-electron chi connectivity index (χ2n) is 5.80. The summed E-state index contributed by atoms with van der Waals surface area (Å²) in [4.78, 5) is 15.8. The van der Waals surface area contributed by atoms with E-state index in [1.165, 1.54) is 6.33 Å². The van der Waals surface area contributed by atoms with Gasteiger partial charge in [-0.1, -0.05) is 12.1 Å². The number of benzene rings is 1. The van der Waals surface area contributed by atoms with Gasteiger partial charge in [-0.2, -0.15) is 5.10 Å². The molecule has 7 heteroatoms. The minimum absolute atomic E-state index is 0.0497. The maximum atomic E-state index is 11.9. The molecule has 128 valence electrons. The minimum Gasteiger partial charge on any atom is -0.378 e. The van der Waals surface area contributed by atoms with Crippen LogP contribution in [0.2, 0.25) is 0 Å². The van der Waals surface area contributed by atoms with Gasteiger partial charge in [-0.25, -0.2) is 9.67 Å². The zero-order valence-electron chi connectivity index (χ0n) is 13.6. The highest BCUT2D eigenvalue weighted by Crippen LogP contribution is 2.13. The van der Waals surface area contributed by atoms with Crippen molar-refractivity contribution in [2.75, 3.05) is 25.1 Å². The van der Waals surface area contributed by atoms with Gasteiger partial charge in [0, 0.05) is 12.3 Å². The van der Waals surface area contributed by atoms with Gasteiger partial charge in [0.1, 0.15) is 12.7 Å². The molecule has 1 aromatic carbocycles. The molecule has 3 rings (SSSR count). The Morgan fingerprint density at radius 1 is 1.38 bits per heavy atom. The van der Waals surface area contributed by atoms with Crippen molar-refractivity contribution in [2.45, 2.75) is 31.9 Å². The second kappa shape index (κ2) is 8.56. The normalized spacial score (nSPS) is 17.1. The zero-order chi connectivity index (χ0) is 16.6. The molecule has 1 saturated heterocycles. The van der Waals surface area contributed by atoms with E-state index >= 15 is 0 Å². The highest BCUT2D eigenvalue weighted by atomic mass is 16.5. The van der Waals surface area contributed by atoms with Gasteiger partial charge in [-0.15, -0.1) is 0 Å². The summed E-state index contributed by atoms with van der Waals surface area (Å²) in [6.07, 6.45) is 5.87. The summed E-state index contributed by atoms with van der Waals surface area (Å²) < 4.78 is 12.7. The van der Waals surface area contributed by atoms with E-state index in [0.29, 0.717) is 26.2 Å². The topological polar surface area (TPSA) is 78.3 Å². The summed E-state index contributed by atoms with van der Waals surface area (Å²) in [5.41, 5.74) is 1.87. The van der Waals surface area contributed by atoms with Crippen LogP contribution in [0.3, 0.4) is 0 Å². The van der Waals surface area contributed by atoms with Crippen LogP contribution in [0.5, 0.6) is 0 Å². The van der Waals surface area contributed by atoms with Crippen LogP contribution in [-0.4, -0.2) is 46.6 Å². The number of nitrogens with zero attached hydrogens (tertiary/aromatic N) is 3. The predicted molar refractivity (Wildman–Crippen MR) is 88.6 cm³/mol. The second-order valence-corrected chi connectivity index (χ2v) is 5.80. The molecule has 1 atom stereocenters. The standard InChI is InChI=1S/C17H22N4O3/c22-17(7-9-23-11-16-2-1-8-24-16)20-15-5-3-14(4-6-15)10-21-13-18-12-19-21/h3-6,12-13,16H,1-2,7-11H2,(H,20,22). The first-order chi connectivity index (χ1) is 11.8. The van der Waals surface area contributed by atoms with Crippen LogP contribution in [0.4, 0.5) is 5.69 Å². The summed E-state index contributed by atoms with van der Waals surface area (Å²) >= 11 is 0. The fourth-order valence-electron chi connectivity index (χ4n) is 2.57. The van der Waals surface area contributed by atoms with Gasteiger partial charge < -0.3 is 14.8 Å². The SMILES string of the molecule is O=C(CCOCC1CCCO1)Nc1ccc(Cn2cncn2)cc1. The molecular weight excluding hydrogens is 308 g/mol. The maximum Gasteiger partial charge on any atom is 0.226 e. The van der Waals surface area contributed by atoms with E-state index in [2.05, 4.69) is 15.4 Å². The Bertz CT molecular complexity index is 622. The van der Waals surface area contributed by atoms with Crippen LogP contribution < -0.4 is 5.32 Å². The molecule has 0 radical (unpaired) electrons. The molecule has 7 nitrogen and oxygen atoms in total. The number of carbonyl (C=O) groups excluding carboxylic acids is 1. The predicted octanol–water partition coefficient (Wildman–Crippen LogP) is 1.85. The van der Waals surface area contributed by atoms with Gasteiger partial charge in [-0.3, -0.25) is 4.79 Å². The van der Waals surface area contributed by atoms with E-state index in [0.717, 1.165) is 30.7 Å². The average Bonchev–Trinajstić information content (AvgIpc) is 3.27. The van der Waals surface area contributed by atoms with Gasteiger partial charge in [0.15, 0.2) is 0 Å². The lowest BCUT2D eigenvalue weighted by molar-refractivity contribution is -0.117. The van der Waals surface area contributed by atoms with Crippen LogP contribution in [0.1, 0.15) is 24.8 Å². The van der Waals surface area contributed by atoms with E-state index < -0.39 is 0 Å². The largest absolute Gasteiger partial charge is 0.378 e. The van der Waals surface area contributed by atoms with Crippen LogP contribution >= 0.6 is 0 Å². The lowest BCUT2D eigenvalue weighted by Gasteiger charge is -2.10. The fourth-order valence-corrected chi connectivity index (χ4v) is 2.57. The smallest absolute Gasteiger partial charge is 0.226 e. The first-order valence-corrected chi connectivity index (χ1v) is 8.20. The third kappa shape index (κ3) is 5.14. The van der Waals surface area contributed by atoms with Gasteiger partial charge in [-0.05, 0) is 30.5 Å². The van der Waals surface area contributed by atoms with Crippen molar-refractivity contribution in [2.24, 2.45) is 0 Å². The monoisotopic (exact) mass is 330 g/mol. The van der Waals surface area contributed by atoms with Gasteiger partial charge >= 0.3 is 0 Å². The molecule has 0 bridgehead atoms. The van der Waals surface area contributed by atoms with E-state index in [4.69, 9.17) is 9.47 Å². The average molecular weight is 330 g/mol. The van der Waals surface area contributed by atoms with Crippen LogP contribution in [0.25, 0.3) is 0 Å². The number of aromatic nitrogens is 3. The molecule has 0 saturated carbocycles. The third-order valence-electron chi connectivity index (χ3n) is 3.85. The third-order valence-corrected chi connectivity index (χ3v) is 3.85. The minimum atomic E-state index is -0.0497. The Kier molecular flexibility index (Phi) is 5.92. The van der Waals surface area contributed by atoms with Crippen molar-refractivity contribution < 1.29 is 14.3 Å². The summed E-state index contributed by atoms with van der Waals surface area (Å²) in [7, 11) is 0. The quantitative estimate of drug-likeness (QED) is 0.747. The Morgan fingerprint density at radius 2 is 2.25 bits per heavy atom. The summed E-state index contributed by atoms with van der Waals surface area (Å²) in [6, 6.07) is 7.70. The lowest BCUT2D eigenvalue weighted by atomic mass is 10.2. The Balaban J connectivity index is 1.36.